The molecule has 172 valence electrons. The molecule has 0 aliphatic carbocycles. The predicted molar refractivity (Wildman–Crippen MR) is 124 cm³/mol. The van der Waals surface area contributed by atoms with Gasteiger partial charge in [-0.25, -0.2) is 8.78 Å². The van der Waals surface area contributed by atoms with E-state index in [0.717, 1.165) is 23.5 Å². The summed E-state index contributed by atoms with van der Waals surface area (Å²) in [4.78, 5) is 37.3. The zero-order valence-corrected chi connectivity index (χ0v) is 19.0. The van der Waals surface area contributed by atoms with Crippen LogP contribution in [0.25, 0.3) is 0 Å². The highest BCUT2D eigenvalue weighted by Gasteiger charge is 2.21. The van der Waals surface area contributed by atoms with E-state index in [0.29, 0.717) is 21.0 Å². The molecule has 3 aromatic rings. The van der Waals surface area contributed by atoms with E-state index in [4.69, 9.17) is 17.3 Å². The summed E-state index contributed by atoms with van der Waals surface area (Å²) in [5, 5.41) is 5.70. The lowest BCUT2D eigenvalue weighted by Crippen LogP contribution is -2.37. The minimum absolute atomic E-state index is 0.00420. The molecule has 0 aliphatic heterocycles. The number of carbonyl (C=O) groups is 3. The lowest BCUT2D eigenvalue weighted by atomic mass is 9.98. The first kappa shape index (κ1) is 24.3. The third-order valence-corrected chi connectivity index (χ3v) is 6.31. The maximum atomic E-state index is 13.2. The van der Waals surface area contributed by atoms with Crippen LogP contribution in [-0.2, 0) is 11.2 Å². The van der Waals surface area contributed by atoms with Crippen molar-refractivity contribution in [3.8, 4) is 0 Å². The largest absolute Gasteiger partial charge is 0.369 e. The Kier molecular flexibility index (Phi) is 7.78. The van der Waals surface area contributed by atoms with E-state index < -0.39 is 29.5 Å². The Bertz CT molecular complexity index is 1200. The normalized spacial score (nSPS) is 11.6. The number of nitrogens with two attached hydrogens (primary N) is 1. The fourth-order valence-electron chi connectivity index (χ4n) is 3.10. The maximum Gasteiger partial charge on any atom is 0.261 e. The van der Waals surface area contributed by atoms with Crippen molar-refractivity contribution in [2.75, 3.05) is 11.9 Å². The SMILES string of the molecule is Cc1cc(NC(=O)c2ccc(F)cc2Cl)sc1C(=O)NCC(Cc1ccc(F)cc1)C(N)=O. The monoisotopic (exact) mass is 491 g/mol. The third kappa shape index (κ3) is 6.36. The summed E-state index contributed by atoms with van der Waals surface area (Å²) < 4.78 is 26.3. The fourth-order valence-corrected chi connectivity index (χ4v) is 4.33. The van der Waals surface area contributed by atoms with Crippen molar-refractivity contribution in [2.24, 2.45) is 11.7 Å². The van der Waals surface area contributed by atoms with Gasteiger partial charge in [-0.3, -0.25) is 14.4 Å². The first-order chi connectivity index (χ1) is 15.6. The van der Waals surface area contributed by atoms with Gasteiger partial charge in [0.2, 0.25) is 5.91 Å². The molecule has 3 rings (SSSR count). The Hall–Kier alpha value is -3.30. The number of rotatable bonds is 8. The van der Waals surface area contributed by atoms with Crippen LogP contribution < -0.4 is 16.4 Å². The van der Waals surface area contributed by atoms with E-state index >= 15 is 0 Å². The third-order valence-electron chi connectivity index (χ3n) is 4.84. The van der Waals surface area contributed by atoms with Gasteiger partial charge in [0.25, 0.3) is 11.8 Å². The summed E-state index contributed by atoms with van der Waals surface area (Å²) in [6, 6.07) is 10.7. The Labute approximate surface area is 197 Å². The van der Waals surface area contributed by atoms with E-state index in [2.05, 4.69) is 10.6 Å². The van der Waals surface area contributed by atoms with E-state index in [1.54, 1.807) is 25.1 Å². The van der Waals surface area contributed by atoms with Crippen molar-refractivity contribution in [3.05, 3.63) is 86.8 Å². The molecule has 1 heterocycles. The average molecular weight is 492 g/mol. The number of amides is 3. The van der Waals surface area contributed by atoms with Gasteiger partial charge in [-0.2, -0.15) is 0 Å². The summed E-state index contributed by atoms with van der Waals surface area (Å²) in [7, 11) is 0. The molecule has 2 aromatic carbocycles. The molecule has 1 unspecified atom stereocenters. The molecule has 6 nitrogen and oxygen atoms in total. The second-order valence-corrected chi connectivity index (χ2v) is 8.80. The Morgan fingerprint density at radius 2 is 1.70 bits per heavy atom. The second-order valence-electron chi connectivity index (χ2n) is 7.34. The van der Waals surface area contributed by atoms with Crippen LogP contribution in [0.15, 0.2) is 48.5 Å². The quantitative estimate of drug-likeness (QED) is 0.437. The van der Waals surface area contributed by atoms with Crippen LogP contribution in [0.4, 0.5) is 13.8 Å². The Balaban J connectivity index is 1.64. The minimum atomic E-state index is -0.681. The molecule has 0 radical (unpaired) electrons. The number of aryl methyl sites for hydroxylation is 1. The average Bonchev–Trinajstić information content (AvgIpc) is 3.11. The first-order valence-corrected chi connectivity index (χ1v) is 11.0. The molecule has 0 spiro atoms. The zero-order valence-electron chi connectivity index (χ0n) is 17.5. The molecule has 0 fully saturated rings. The van der Waals surface area contributed by atoms with Crippen molar-refractivity contribution >= 4 is 45.7 Å². The molecular weight excluding hydrogens is 472 g/mol. The van der Waals surface area contributed by atoms with Gasteiger partial charge in [-0.15, -0.1) is 11.3 Å². The summed E-state index contributed by atoms with van der Waals surface area (Å²) in [6.45, 7) is 1.70. The fraction of sp³-hybridized carbons (Fsp3) is 0.174. The van der Waals surface area contributed by atoms with Gasteiger partial charge >= 0.3 is 0 Å². The molecule has 33 heavy (non-hydrogen) atoms. The molecule has 0 saturated carbocycles. The van der Waals surface area contributed by atoms with Crippen LogP contribution >= 0.6 is 22.9 Å². The van der Waals surface area contributed by atoms with E-state index in [1.165, 1.54) is 18.2 Å². The summed E-state index contributed by atoms with van der Waals surface area (Å²) >= 11 is 6.97. The minimum Gasteiger partial charge on any atom is -0.369 e. The van der Waals surface area contributed by atoms with Crippen molar-refractivity contribution in [1.29, 1.82) is 0 Å². The first-order valence-electron chi connectivity index (χ1n) is 9.83. The van der Waals surface area contributed by atoms with Gasteiger partial charge in [0.15, 0.2) is 0 Å². The number of hydrogen-bond donors (Lipinski definition) is 3. The number of hydrogen-bond acceptors (Lipinski definition) is 4. The molecule has 0 bridgehead atoms. The maximum absolute atomic E-state index is 13.2. The molecule has 1 atom stereocenters. The molecular formula is C23H20ClF2N3O3S. The number of thiophene rings is 1. The van der Waals surface area contributed by atoms with Gasteiger partial charge in [0.05, 0.1) is 26.4 Å². The van der Waals surface area contributed by atoms with Crippen LogP contribution in [0.5, 0.6) is 0 Å². The van der Waals surface area contributed by atoms with Crippen molar-refractivity contribution in [3.63, 3.8) is 0 Å². The van der Waals surface area contributed by atoms with Crippen molar-refractivity contribution in [2.45, 2.75) is 13.3 Å². The number of benzene rings is 2. The zero-order chi connectivity index (χ0) is 24.1. The van der Waals surface area contributed by atoms with Crippen molar-refractivity contribution < 1.29 is 23.2 Å². The van der Waals surface area contributed by atoms with Gasteiger partial charge < -0.3 is 16.4 Å². The number of anilines is 1. The summed E-state index contributed by atoms with van der Waals surface area (Å²) in [5.41, 5.74) is 6.89. The van der Waals surface area contributed by atoms with Crippen LogP contribution in [-0.4, -0.2) is 24.3 Å². The van der Waals surface area contributed by atoms with Gasteiger partial charge in [-0.1, -0.05) is 23.7 Å². The smallest absolute Gasteiger partial charge is 0.261 e. The molecule has 4 N–H and O–H groups in total. The number of primary amides is 1. The standard InChI is InChI=1S/C23H20ClF2N3O3S/c1-12-8-19(29-22(31)17-7-6-16(26)10-18(17)24)33-20(12)23(32)28-11-14(21(27)30)9-13-2-4-15(25)5-3-13/h2-8,10,14H,9,11H2,1H3,(H2,27,30)(H,28,32)(H,29,31). The highest BCUT2D eigenvalue weighted by atomic mass is 35.5. The molecule has 3 amide bonds. The lowest BCUT2D eigenvalue weighted by Gasteiger charge is -2.14. The van der Waals surface area contributed by atoms with Gasteiger partial charge in [-0.05, 0) is 60.9 Å². The lowest BCUT2D eigenvalue weighted by molar-refractivity contribution is -0.121. The Morgan fingerprint density at radius 1 is 1.03 bits per heavy atom. The Morgan fingerprint density at radius 3 is 2.33 bits per heavy atom. The van der Waals surface area contributed by atoms with E-state index in [-0.39, 0.29) is 29.4 Å². The van der Waals surface area contributed by atoms with Crippen LogP contribution in [0.3, 0.4) is 0 Å². The highest BCUT2D eigenvalue weighted by molar-refractivity contribution is 7.18. The summed E-state index contributed by atoms with van der Waals surface area (Å²) in [6.07, 6.45) is 0.249. The molecule has 0 aliphatic rings. The van der Waals surface area contributed by atoms with E-state index in [1.807, 2.05) is 0 Å². The molecule has 1 aromatic heterocycles. The van der Waals surface area contributed by atoms with Gasteiger partial charge in [0.1, 0.15) is 11.6 Å². The van der Waals surface area contributed by atoms with Gasteiger partial charge in [0, 0.05) is 6.54 Å². The van der Waals surface area contributed by atoms with Crippen LogP contribution in [0.2, 0.25) is 5.02 Å². The topological polar surface area (TPSA) is 101 Å². The second kappa shape index (κ2) is 10.5. The molecule has 10 heteroatoms. The van der Waals surface area contributed by atoms with Crippen LogP contribution in [0, 0.1) is 24.5 Å². The van der Waals surface area contributed by atoms with Crippen molar-refractivity contribution in [1.82, 2.24) is 5.32 Å². The number of halogens is 3. The number of nitrogens with one attached hydrogen (secondary N) is 2. The molecule has 0 saturated heterocycles. The van der Waals surface area contributed by atoms with E-state index in [9.17, 15) is 23.2 Å². The summed E-state index contributed by atoms with van der Waals surface area (Å²) in [5.74, 6) is -3.19. The highest BCUT2D eigenvalue weighted by Crippen LogP contribution is 2.28. The van der Waals surface area contributed by atoms with Crippen LogP contribution in [0.1, 0.15) is 31.2 Å². The number of carbonyl (C=O) groups excluding carboxylic acids is 3. The predicted octanol–water partition coefficient (Wildman–Crippen LogP) is 4.31.